The zero-order chi connectivity index (χ0) is 18.4. The molecule has 0 amide bonds. The molecule has 1 aliphatic heterocycles. The average Bonchev–Trinajstić information content (AvgIpc) is 2.86. The largest absolute Gasteiger partial charge is 0.416 e. The number of alkyl halides is 3. The summed E-state index contributed by atoms with van der Waals surface area (Å²) in [6.45, 7) is 2.19. The quantitative estimate of drug-likeness (QED) is 0.716. The molecule has 8 heteroatoms. The van der Waals surface area contributed by atoms with E-state index in [1.807, 2.05) is 17.0 Å². The van der Waals surface area contributed by atoms with Gasteiger partial charge in [0, 0.05) is 10.6 Å². The van der Waals surface area contributed by atoms with Crippen molar-refractivity contribution >= 4 is 23.0 Å². The fraction of sp³-hybridized carbons (Fsp3) is 0.294. The van der Waals surface area contributed by atoms with Gasteiger partial charge in [-0.2, -0.15) is 13.2 Å². The van der Waals surface area contributed by atoms with Crippen molar-refractivity contribution in [3.8, 4) is 11.1 Å². The lowest BCUT2D eigenvalue weighted by atomic mass is 10.0. The van der Waals surface area contributed by atoms with Gasteiger partial charge in [0.2, 0.25) is 0 Å². The monoisotopic (exact) mass is 371 g/mol. The highest BCUT2D eigenvalue weighted by Crippen LogP contribution is 2.39. The molecule has 4 nitrogen and oxygen atoms in total. The van der Waals surface area contributed by atoms with Gasteiger partial charge in [0.05, 0.1) is 30.2 Å². The molecule has 0 bridgehead atoms. The lowest BCUT2D eigenvalue weighted by Crippen LogP contribution is -2.47. The van der Waals surface area contributed by atoms with Crippen LogP contribution >= 0.6 is 11.6 Å². The summed E-state index contributed by atoms with van der Waals surface area (Å²) >= 11 is 6.07. The number of nitrogens with one attached hydrogen (secondary N) is 1. The summed E-state index contributed by atoms with van der Waals surface area (Å²) in [5.74, 6) is 0. The number of anilines is 2. The summed E-state index contributed by atoms with van der Waals surface area (Å²) < 4.78 is 38.3. The zero-order valence-electron chi connectivity index (χ0n) is 13.4. The third-order valence-electron chi connectivity index (χ3n) is 3.92. The summed E-state index contributed by atoms with van der Waals surface area (Å²) in [5, 5.41) is 13.0. The van der Waals surface area contributed by atoms with Gasteiger partial charge >= 0.3 is 6.18 Å². The van der Waals surface area contributed by atoms with Gasteiger partial charge in [0.15, 0.2) is 0 Å². The normalized spacial score (nSPS) is 16.4. The van der Waals surface area contributed by atoms with Crippen LogP contribution in [0.5, 0.6) is 0 Å². The molecule has 0 fully saturated rings. The molecule has 0 saturated carbocycles. The minimum Gasteiger partial charge on any atom is -0.375 e. The van der Waals surface area contributed by atoms with E-state index in [4.69, 9.17) is 17.3 Å². The van der Waals surface area contributed by atoms with Crippen molar-refractivity contribution in [2.75, 3.05) is 23.4 Å². The van der Waals surface area contributed by atoms with Crippen molar-refractivity contribution in [3.05, 3.63) is 47.0 Å². The second-order valence-electron chi connectivity index (χ2n) is 6.31. The highest BCUT2D eigenvalue weighted by molar-refractivity contribution is 6.33. The molecule has 2 aromatic carbocycles. The number of hydrogen-bond donors (Lipinski definition) is 3. The first kappa shape index (κ1) is 17.8. The summed E-state index contributed by atoms with van der Waals surface area (Å²) in [5.41, 5.74) is 6.35. The molecule has 0 spiro atoms. The number of halogens is 4. The standard InChI is InChI=1S/C17H17ClF3N3O/c1-16(22,25)8-24-9-23-14-5-2-10(6-15(14)24)12-4-3-11(7-13(12)18)17(19,20)21/h2-7,23,25H,8-9,22H2,1H3. The van der Waals surface area contributed by atoms with Crippen LogP contribution in [0.25, 0.3) is 11.1 Å². The Bertz CT molecular complexity index is 803. The predicted octanol–water partition coefficient (Wildman–Crippen LogP) is 3.88. The summed E-state index contributed by atoms with van der Waals surface area (Å²) in [6, 6.07) is 8.71. The third kappa shape index (κ3) is 3.84. The Kier molecular flexibility index (Phi) is 4.35. The number of fused-ring (bicyclic) bond motifs is 1. The van der Waals surface area contributed by atoms with E-state index in [9.17, 15) is 18.3 Å². The molecule has 0 saturated heterocycles. The molecule has 0 aromatic heterocycles. The van der Waals surface area contributed by atoms with Crippen LogP contribution in [-0.2, 0) is 6.18 Å². The molecule has 1 heterocycles. The van der Waals surface area contributed by atoms with Gasteiger partial charge in [0.1, 0.15) is 5.72 Å². The van der Waals surface area contributed by atoms with Crippen LogP contribution in [0.3, 0.4) is 0 Å². The number of aliphatic hydroxyl groups is 1. The van der Waals surface area contributed by atoms with Crippen molar-refractivity contribution < 1.29 is 18.3 Å². The zero-order valence-corrected chi connectivity index (χ0v) is 14.1. The van der Waals surface area contributed by atoms with Gasteiger partial charge in [-0.15, -0.1) is 0 Å². The first-order valence-corrected chi connectivity index (χ1v) is 7.94. The summed E-state index contributed by atoms with van der Waals surface area (Å²) in [7, 11) is 0. The van der Waals surface area contributed by atoms with Gasteiger partial charge in [0.25, 0.3) is 0 Å². The molecular formula is C17H17ClF3N3O. The Morgan fingerprint density at radius 1 is 1.24 bits per heavy atom. The first-order chi connectivity index (χ1) is 11.5. The number of nitrogens with two attached hydrogens (primary N) is 1. The van der Waals surface area contributed by atoms with E-state index in [1.54, 1.807) is 6.07 Å². The topological polar surface area (TPSA) is 61.5 Å². The molecule has 1 unspecified atom stereocenters. The van der Waals surface area contributed by atoms with Crippen LogP contribution in [0.2, 0.25) is 5.02 Å². The maximum absolute atomic E-state index is 12.8. The maximum Gasteiger partial charge on any atom is 0.416 e. The Hall–Kier alpha value is -1.96. The summed E-state index contributed by atoms with van der Waals surface area (Å²) in [4.78, 5) is 1.86. The molecule has 0 aliphatic carbocycles. The molecular weight excluding hydrogens is 355 g/mol. The van der Waals surface area contributed by atoms with Crippen LogP contribution in [0.1, 0.15) is 12.5 Å². The minimum atomic E-state index is -4.44. The van der Waals surface area contributed by atoms with E-state index in [2.05, 4.69) is 5.32 Å². The molecule has 1 atom stereocenters. The van der Waals surface area contributed by atoms with Crippen LogP contribution < -0.4 is 16.0 Å². The Morgan fingerprint density at radius 3 is 2.56 bits per heavy atom. The predicted molar refractivity (Wildman–Crippen MR) is 92.5 cm³/mol. The van der Waals surface area contributed by atoms with Crippen LogP contribution in [0.4, 0.5) is 24.5 Å². The summed E-state index contributed by atoms with van der Waals surface area (Å²) in [6.07, 6.45) is -4.44. The Morgan fingerprint density at radius 2 is 1.96 bits per heavy atom. The second kappa shape index (κ2) is 6.09. The van der Waals surface area contributed by atoms with Crippen molar-refractivity contribution in [2.24, 2.45) is 5.73 Å². The van der Waals surface area contributed by atoms with Crippen molar-refractivity contribution in [1.29, 1.82) is 0 Å². The van der Waals surface area contributed by atoms with Gasteiger partial charge in [-0.25, -0.2) is 0 Å². The van der Waals surface area contributed by atoms with Crippen LogP contribution in [0, 0.1) is 0 Å². The van der Waals surface area contributed by atoms with E-state index < -0.39 is 17.5 Å². The lowest BCUT2D eigenvalue weighted by Gasteiger charge is -2.26. The Labute approximate surface area is 148 Å². The lowest BCUT2D eigenvalue weighted by molar-refractivity contribution is -0.137. The van der Waals surface area contributed by atoms with E-state index >= 15 is 0 Å². The Balaban J connectivity index is 1.96. The van der Waals surface area contributed by atoms with Crippen molar-refractivity contribution in [3.63, 3.8) is 0 Å². The van der Waals surface area contributed by atoms with E-state index in [0.29, 0.717) is 17.8 Å². The van der Waals surface area contributed by atoms with E-state index in [1.165, 1.54) is 13.0 Å². The fourth-order valence-electron chi connectivity index (χ4n) is 2.83. The van der Waals surface area contributed by atoms with Gasteiger partial charge in [-0.05, 0) is 36.8 Å². The van der Waals surface area contributed by atoms with Crippen molar-refractivity contribution in [1.82, 2.24) is 0 Å². The van der Waals surface area contributed by atoms with E-state index in [-0.39, 0.29) is 11.6 Å². The molecule has 0 radical (unpaired) electrons. The molecule has 2 aromatic rings. The second-order valence-corrected chi connectivity index (χ2v) is 6.72. The highest BCUT2D eigenvalue weighted by atomic mass is 35.5. The molecule has 1 aliphatic rings. The third-order valence-corrected chi connectivity index (χ3v) is 4.23. The number of benzene rings is 2. The maximum atomic E-state index is 12.8. The van der Waals surface area contributed by atoms with Gasteiger partial charge < -0.3 is 21.1 Å². The SMILES string of the molecule is CC(N)(O)CN1CNc2ccc(-c3ccc(C(F)(F)F)cc3Cl)cc21. The number of nitrogens with zero attached hydrogens (tertiary/aromatic N) is 1. The van der Waals surface area contributed by atoms with Crippen molar-refractivity contribution in [2.45, 2.75) is 18.8 Å². The molecule has 3 rings (SSSR count). The fourth-order valence-corrected chi connectivity index (χ4v) is 3.12. The van der Waals surface area contributed by atoms with Gasteiger partial charge in [-0.1, -0.05) is 23.7 Å². The number of β-amino-alcohol motifs (C(OH)–C–C–N with tert-alkyl or cyclic N) is 1. The van der Waals surface area contributed by atoms with Crippen LogP contribution in [-0.4, -0.2) is 24.0 Å². The average molecular weight is 372 g/mol. The smallest absolute Gasteiger partial charge is 0.375 e. The highest BCUT2D eigenvalue weighted by Gasteiger charge is 2.31. The first-order valence-electron chi connectivity index (χ1n) is 7.56. The van der Waals surface area contributed by atoms with Gasteiger partial charge in [-0.3, -0.25) is 0 Å². The molecule has 25 heavy (non-hydrogen) atoms. The number of hydrogen-bond acceptors (Lipinski definition) is 4. The molecule has 4 N–H and O–H groups in total. The minimum absolute atomic E-state index is 0.0260. The number of rotatable bonds is 3. The van der Waals surface area contributed by atoms with Crippen LogP contribution in [0.15, 0.2) is 36.4 Å². The van der Waals surface area contributed by atoms with E-state index in [0.717, 1.165) is 23.5 Å². The molecule has 134 valence electrons.